The van der Waals surface area contributed by atoms with E-state index in [0.29, 0.717) is 0 Å². The monoisotopic (exact) mass is 149 g/mol. The summed E-state index contributed by atoms with van der Waals surface area (Å²) < 4.78 is 35.9. The number of nitrogens with zero attached hydrogens (tertiary/aromatic N) is 2. The summed E-state index contributed by atoms with van der Waals surface area (Å²) in [6.07, 6.45) is 0.247. The van der Waals surface area contributed by atoms with Crippen molar-refractivity contribution in [2.45, 2.75) is 13.0 Å². The topological polar surface area (TPSA) is 17.8 Å². The zero-order valence-electron chi connectivity index (χ0n) is 4.89. The molecule has 1 aromatic heterocycles. The second-order valence-corrected chi connectivity index (χ2v) is 1.70. The van der Waals surface area contributed by atoms with Crippen molar-refractivity contribution in [1.29, 1.82) is 0 Å². The summed E-state index contributed by atoms with van der Waals surface area (Å²) in [6, 6.07) is 0. The Labute approximate surface area is 55.3 Å². The molecule has 0 saturated carbocycles. The van der Waals surface area contributed by atoms with Gasteiger partial charge in [0.1, 0.15) is 6.54 Å². The van der Waals surface area contributed by atoms with Gasteiger partial charge in [-0.2, -0.15) is 5.10 Å². The molecule has 0 fully saturated rings. The van der Waals surface area contributed by atoms with E-state index in [2.05, 4.69) is 5.10 Å². The van der Waals surface area contributed by atoms with Crippen LogP contribution in [0.3, 0.4) is 0 Å². The molecule has 0 N–H and O–H groups in total. The average molecular weight is 149 g/mol. The molecule has 0 unspecified atom stereocenters. The van der Waals surface area contributed by atoms with Gasteiger partial charge in [-0.1, -0.05) is 0 Å². The number of rotatable bonds is 2. The molecule has 2 nitrogen and oxygen atoms in total. The van der Waals surface area contributed by atoms with Crippen LogP contribution < -0.4 is 0 Å². The van der Waals surface area contributed by atoms with Crippen LogP contribution in [0.5, 0.6) is 0 Å². The molecule has 0 aliphatic carbocycles. The van der Waals surface area contributed by atoms with E-state index in [4.69, 9.17) is 0 Å². The summed E-state index contributed by atoms with van der Waals surface area (Å²) in [5.74, 6) is -0.722. The SMILES string of the molecule is Fc1[c]nn(CC(F)F)c1. The average Bonchev–Trinajstić information content (AvgIpc) is 2.13. The van der Waals surface area contributed by atoms with Crippen LogP contribution in [0.1, 0.15) is 0 Å². The van der Waals surface area contributed by atoms with Gasteiger partial charge >= 0.3 is 0 Å². The van der Waals surface area contributed by atoms with Gasteiger partial charge in [-0.3, -0.25) is 4.68 Å². The largest absolute Gasteiger partial charge is 0.263 e. The maximum atomic E-state index is 12.0. The van der Waals surface area contributed by atoms with Gasteiger partial charge in [-0.05, 0) is 0 Å². The zero-order chi connectivity index (χ0) is 7.56. The first-order chi connectivity index (χ1) is 4.68. The minimum absolute atomic E-state index is 0.583. The molecule has 0 atom stereocenters. The first-order valence-electron chi connectivity index (χ1n) is 2.57. The Bertz CT molecular complexity index is 208. The normalized spacial score (nSPS) is 10.8. The molecule has 0 bridgehead atoms. The molecule has 0 aromatic carbocycles. The van der Waals surface area contributed by atoms with Crippen LogP contribution in [-0.4, -0.2) is 16.2 Å². The smallest absolute Gasteiger partial charge is 0.257 e. The summed E-state index contributed by atoms with van der Waals surface area (Å²) in [4.78, 5) is 0. The van der Waals surface area contributed by atoms with E-state index in [1.807, 2.05) is 6.20 Å². The molecule has 0 saturated heterocycles. The van der Waals surface area contributed by atoms with Crippen LogP contribution in [0.15, 0.2) is 6.20 Å². The summed E-state index contributed by atoms with van der Waals surface area (Å²) >= 11 is 0. The highest BCUT2D eigenvalue weighted by atomic mass is 19.3. The third-order valence-corrected chi connectivity index (χ3v) is 0.873. The van der Waals surface area contributed by atoms with E-state index < -0.39 is 18.8 Å². The number of halogens is 3. The van der Waals surface area contributed by atoms with E-state index in [-0.39, 0.29) is 0 Å². The Morgan fingerprint density at radius 1 is 1.70 bits per heavy atom. The fraction of sp³-hybridized carbons (Fsp3) is 0.400. The van der Waals surface area contributed by atoms with Crippen molar-refractivity contribution >= 4 is 0 Å². The van der Waals surface area contributed by atoms with E-state index in [1.54, 1.807) is 0 Å². The van der Waals surface area contributed by atoms with Gasteiger partial charge in [0, 0.05) is 0 Å². The molecule has 0 aliphatic rings. The van der Waals surface area contributed by atoms with Crippen molar-refractivity contribution in [3.63, 3.8) is 0 Å². The van der Waals surface area contributed by atoms with Gasteiger partial charge in [0.15, 0.2) is 12.0 Å². The second-order valence-electron chi connectivity index (χ2n) is 1.70. The van der Waals surface area contributed by atoms with E-state index in [0.717, 1.165) is 10.9 Å². The third-order valence-electron chi connectivity index (χ3n) is 0.873. The van der Waals surface area contributed by atoms with Crippen LogP contribution in [0, 0.1) is 12.0 Å². The Hall–Kier alpha value is -1.00. The molecule has 0 spiro atoms. The van der Waals surface area contributed by atoms with Gasteiger partial charge in [0.25, 0.3) is 6.43 Å². The van der Waals surface area contributed by atoms with Gasteiger partial charge in [-0.25, -0.2) is 13.2 Å². The van der Waals surface area contributed by atoms with E-state index >= 15 is 0 Å². The van der Waals surface area contributed by atoms with Gasteiger partial charge in [-0.15, -0.1) is 0 Å². The van der Waals surface area contributed by atoms with Crippen LogP contribution in [-0.2, 0) is 6.54 Å². The molecular weight excluding hydrogens is 145 g/mol. The van der Waals surface area contributed by atoms with Crippen LogP contribution >= 0.6 is 0 Å². The number of hydrogen-bond donors (Lipinski definition) is 0. The molecule has 1 aromatic rings. The zero-order valence-corrected chi connectivity index (χ0v) is 4.89. The first kappa shape index (κ1) is 7.11. The Morgan fingerprint density at radius 3 is 2.80 bits per heavy atom. The lowest BCUT2D eigenvalue weighted by Crippen LogP contribution is -2.06. The second kappa shape index (κ2) is 2.72. The van der Waals surface area contributed by atoms with Crippen molar-refractivity contribution in [1.82, 2.24) is 9.78 Å². The minimum Gasteiger partial charge on any atom is -0.263 e. The number of hydrogen-bond acceptors (Lipinski definition) is 1. The summed E-state index contributed by atoms with van der Waals surface area (Å²) in [7, 11) is 0. The van der Waals surface area contributed by atoms with Crippen molar-refractivity contribution in [3.8, 4) is 0 Å². The molecular formula is C5H4F3N2. The minimum atomic E-state index is -2.51. The highest BCUT2D eigenvalue weighted by molar-refractivity contribution is 4.81. The fourth-order valence-corrected chi connectivity index (χ4v) is 0.535. The predicted molar refractivity (Wildman–Crippen MR) is 27.0 cm³/mol. The quantitative estimate of drug-likeness (QED) is 0.615. The lowest BCUT2D eigenvalue weighted by Gasteiger charge is -1.96. The van der Waals surface area contributed by atoms with Crippen LogP contribution in [0.4, 0.5) is 13.2 Å². The highest BCUT2D eigenvalue weighted by Gasteiger charge is 2.04. The lowest BCUT2D eigenvalue weighted by atomic mass is 10.6. The molecule has 1 rings (SSSR count). The first-order valence-corrected chi connectivity index (χ1v) is 2.57. The number of alkyl halides is 2. The predicted octanol–water partition coefficient (Wildman–Crippen LogP) is 1.09. The molecule has 0 aliphatic heterocycles. The standard InChI is InChI=1S/C5H4F3N2/c6-4-1-9-10(2-4)3-5(7)8/h2,5H,3H2. The van der Waals surface area contributed by atoms with Crippen molar-refractivity contribution in [2.75, 3.05) is 0 Å². The molecule has 5 heteroatoms. The maximum absolute atomic E-state index is 12.0. The van der Waals surface area contributed by atoms with Gasteiger partial charge in [0.05, 0.1) is 6.20 Å². The molecule has 1 heterocycles. The Kier molecular flexibility index (Phi) is 1.94. The molecule has 0 amide bonds. The van der Waals surface area contributed by atoms with E-state index in [1.165, 1.54) is 0 Å². The van der Waals surface area contributed by atoms with Gasteiger partial charge in [0.2, 0.25) is 0 Å². The van der Waals surface area contributed by atoms with Gasteiger partial charge < -0.3 is 0 Å². The summed E-state index contributed by atoms with van der Waals surface area (Å²) in [6.45, 7) is -0.583. The van der Waals surface area contributed by atoms with Crippen molar-refractivity contribution < 1.29 is 13.2 Å². The highest BCUT2D eigenvalue weighted by Crippen LogP contribution is 1.98. The van der Waals surface area contributed by atoms with E-state index in [9.17, 15) is 13.2 Å². The number of aromatic nitrogens is 2. The Balaban J connectivity index is 2.58. The lowest BCUT2D eigenvalue weighted by molar-refractivity contribution is 0.121. The fourth-order valence-electron chi connectivity index (χ4n) is 0.535. The van der Waals surface area contributed by atoms with Crippen molar-refractivity contribution in [3.05, 3.63) is 18.2 Å². The summed E-state index contributed by atoms with van der Waals surface area (Å²) in [5.41, 5.74) is 0. The molecule has 10 heavy (non-hydrogen) atoms. The summed E-state index contributed by atoms with van der Waals surface area (Å²) in [5, 5.41) is 3.19. The maximum Gasteiger partial charge on any atom is 0.257 e. The molecule has 1 radical (unpaired) electrons. The van der Waals surface area contributed by atoms with Crippen LogP contribution in [0.25, 0.3) is 0 Å². The molecule has 55 valence electrons. The third kappa shape index (κ3) is 1.75. The van der Waals surface area contributed by atoms with Crippen molar-refractivity contribution in [2.24, 2.45) is 0 Å². The van der Waals surface area contributed by atoms with Crippen LogP contribution in [0.2, 0.25) is 0 Å². The Morgan fingerprint density at radius 2 is 2.40 bits per heavy atom.